The highest BCUT2D eigenvalue weighted by atomic mass is 32.2. The molecule has 2 fully saturated rings. The topological polar surface area (TPSA) is 82.9 Å². The average Bonchev–Trinajstić information content (AvgIpc) is 3.00. The van der Waals surface area contributed by atoms with Crippen LogP contribution < -0.4 is 10.6 Å². The molecule has 1 saturated heterocycles. The summed E-state index contributed by atoms with van der Waals surface area (Å²) in [6, 6.07) is 4.71. The fourth-order valence-corrected chi connectivity index (χ4v) is 3.89. The van der Waals surface area contributed by atoms with Crippen molar-refractivity contribution in [2.24, 2.45) is 10.2 Å². The summed E-state index contributed by atoms with van der Waals surface area (Å²) in [6.45, 7) is 0. The van der Waals surface area contributed by atoms with Crippen LogP contribution in [0.2, 0.25) is 0 Å². The van der Waals surface area contributed by atoms with Crippen LogP contribution in [-0.2, 0) is 15.8 Å². The summed E-state index contributed by atoms with van der Waals surface area (Å²) in [5.41, 5.74) is -0.281. The molecule has 1 heterocycles. The molecule has 0 radical (unpaired) electrons. The van der Waals surface area contributed by atoms with E-state index < -0.39 is 28.8 Å². The Hall–Kier alpha value is -2.36. The second kappa shape index (κ2) is 8.76. The van der Waals surface area contributed by atoms with E-state index in [2.05, 4.69) is 20.8 Å². The Morgan fingerprint density at radius 2 is 1.89 bits per heavy atom. The third kappa shape index (κ3) is 5.34. The van der Waals surface area contributed by atoms with Gasteiger partial charge in [-0.15, -0.1) is 5.10 Å². The van der Waals surface area contributed by atoms with Crippen LogP contribution in [0.5, 0.6) is 0 Å². The molecular formula is C18H19F3N4O2S. The first kappa shape index (κ1) is 20.4. The Balaban J connectivity index is 1.60. The summed E-state index contributed by atoms with van der Waals surface area (Å²) in [5.74, 6) is -1.09. The van der Waals surface area contributed by atoms with Crippen LogP contribution in [0, 0.1) is 0 Å². The van der Waals surface area contributed by atoms with Gasteiger partial charge in [-0.25, -0.2) is 0 Å². The zero-order valence-corrected chi connectivity index (χ0v) is 15.7. The number of hydrogen-bond donors (Lipinski definition) is 2. The smallest absolute Gasteiger partial charge is 0.325 e. The lowest BCUT2D eigenvalue weighted by Gasteiger charge is -2.14. The van der Waals surface area contributed by atoms with E-state index in [1.165, 1.54) is 24.6 Å². The monoisotopic (exact) mass is 412 g/mol. The maximum Gasteiger partial charge on any atom is 0.418 e. The van der Waals surface area contributed by atoms with Crippen LogP contribution in [-0.4, -0.2) is 27.9 Å². The minimum atomic E-state index is -4.58. The van der Waals surface area contributed by atoms with Crippen molar-refractivity contribution in [3.8, 4) is 0 Å². The van der Waals surface area contributed by atoms with Gasteiger partial charge in [0.1, 0.15) is 5.25 Å². The van der Waals surface area contributed by atoms with Crippen molar-refractivity contribution >= 4 is 40.1 Å². The molecule has 1 aliphatic carbocycles. The molecule has 2 aliphatic rings. The third-order valence-corrected chi connectivity index (χ3v) is 5.44. The maximum atomic E-state index is 13.0. The van der Waals surface area contributed by atoms with Gasteiger partial charge in [-0.3, -0.25) is 9.59 Å². The fraction of sp³-hybridized carbons (Fsp3) is 0.444. The lowest BCUT2D eigenvalue weighted by Crippen LogP contribution is -2.28. The summed E-state index contributed by atoms with van der Waals surface area (Å²) in [4.78, 5) is 24.2. The first-order chi connectivity index (χ1) is 13.3. The van der Waals surface area contributed by atoms with Gasteiger partial charge in [0.2, 0.25) is 11.8 Å². The van der Waals surface area contributed by atoms with Gasteiger partial charge < -0.3 is 10.6 Å². The molecule has 0 spiro atoms. The van der Waals surface area contributed by atoms with Crippen LogP contribution in [0.3, 0.4) is 0 Å². The number of alkyl halides is 3. The first-order valence-electron chi connectivity index (χ1n) is 8.90. The standard InChI is InChI=1S/C18H19F3N4O2S/c19-18(20,21)12-8-4-5-9-13(12)22-15(26)10-14-16(27)23-17(28-14)25-24-11-6-2-1-3-7-11/h4-5,8-9,14H,1-3,6-7,10H2,(H,22,26)(H,23,25,27). The molecule has 1 aromatic carbocycles. The molecule has 28 heavy (non-hydrogen) atoms. The number of thioether (sulfide) groups is 1. The molecule has 0 bridgehead atoms. The van der Waals surface area contributed by atoms with Crippen LogP contribution in [0.1, 0.15) is 44.1 Å². The number of amides is 2. The van der Waals surface area contributed by atoms with Gasteiger partial charge in [-0.1, -0.05) is 30.3 Å². The average molecular weight is 412 g/mol. The minimum Gasteiger partial charge on any atom is -0.325 e. The summed E-state index contributed by atoms with van der Waals surface area (Å²) < 4.78 is 39.0. The van der Waals surface area contributed by atoms with Gasteiger partial charge in [0.05, 0.1) is 11.3 Å². The number of carbonyl (C=O) groups excluding carboxylic acids is 2. The van der Waals surface area contributed by atoms with E-state index in [4.69, 9.17) is 0 Å². The van der Waals surface area contributed by atoms with Crippen LogP contribution in [0.25, 0.3) is 0 Å². The van der Waals surface area contributed by atoms with Crippen LogP contribution >= 0.6 is 11.8 Å². The molecule has 0 aromatic heterocycles. The van der Waals surface area contributed by atoms with E-state index in [-0.39, 0.29) is 12.1 Å². The fourth-order valence-electron chi connectivity index (χ4n) is 2.97. The van der Waals surface area contributed by atoms with Crippen molar-refractivity contribution in [1.29, 1.82) is 0 Å². The Labute approximate surface area is 164 Å². The van der Waals surface area contributed by atoms with Crippen LogP contribution in [0.15, 0.2) is 34.5 Å². The van der Waals surface area contributed by atoms with Gasteiger partial charge in [0.25, 0.3) is 0 Å². The van der Waals surface area contributed by atoms with Gasteiger partial charge >= 0.3 is 6.18 Å². The molecule has 2 amide bonds. The summed E-state index contributed by atoms with van der Waals surface area (Å²) >= 11 is 1.06. The number of hydrogen-bond acceptors (Lipinski definition) is 5. The maximum absolute atomic E-state index is 13.0. The zero-order valence-electron chi connectivity index (χ0n) is 14.9. The lowest BCUT2D eigenvalue weighted by atomic mass is 9.99. The van der Waals surface area contributed by atoms with Crippen molar-refractivity contribution < 1.29 is 22.8 Å². The number of benzene rings is 1. The number of anilines is 1. The van der Waals surface area contributed by atoms with Crippen molar-refractivity contribution in [3.05, 3.63) is 29.8 Å². The van der Waals surface area contributed by atoms with Gasteiger partial charge in [-0.2, -0.15) is 18.3 Å². The molecule has 1 saturated carbocycles. The molecule has 10 heteroatoms. The summed E-state index contributed by atoms with van der Waals surface area (Å²) in [7, 11) is 0. The highest BCUT2D eigenvalue weighted by molar-refractivity contribution is 8.15. The van der Waals surface area contributed by atoms with E-state index in [0.29, 0.717) is 5.17 Å². The Bertz CT molecular complexity index is 815. The molecule has 2 N–H and O–H groups in total. The quantitative estimate of drug-likeness (QED) is 0.735. The highest BCUT2D eigenvalue weighted by Gasteiger charge is 2.35. The zero-order chi connectivity index (χ0) is 20.1. The lowest BCUT2D eigenvalue weighted by molar-refractivity contribution is -0.137. The van der Waals surface area contributed by atoms with Gasteiger partial charge in [-0.05, 0) is 37.8 Å². The Morgan fingerprint density at radius 3 is 2.61 bits per heavy atom. The molecule has 150 valence electrons. The van der Waals surface area contributed by atoms with Gasteiger partial charge in [0.15, 0.2) is 5.17 Å². The number of nitrogens with one attached hydrogen (secondary N) is 2. The predicted octanol–water partition coefficient (Wildman–Crippen LogP) is 3.94. The molecule has 1 aromatic rings. The molecule has 6 nitrogen and oxygen atoms in total. The molecular weight excluding hydrogens is 393 g/mol. The normalized spacial score (nSPS) is 21.5. The molecule has 1 unspecified atom stereocenters. The van der Waals surface area contributed by atoms with Crippen molar-refractivity contribution in [2.75, 3.05) is 5.32 Å². The first-order valence-corrected chi connectivity index (χ1v) is 9.78. The highest BCUT2D eigenvalue weighted by Crippen LogP contribution is 2.34. The SMILES string of the molecule is O=C(CC1S/C(=N/N=C2CCCCC2)NC1=O)Nc1ccccc1C(F)(F)F. The van der Waals surface area contributed by atoms with Crippen molar-refractivity contribution in [3.63, 3.8) is 0 Å². The van der Waals surface area contributed by atoms with E-state index >= 15 is 0 Å². The second-order valence-electron chi connectivity index (χ2n) is 6.52. The van der Waals surface area contributed by atoms with Crippen molar-refractivity contribution in [1.82, 2.24) is 5.32 Å². The summed E-state index contributed by atoms with van der Waals surface area (Å²) in [5, 5.41) is 12.5. The number of halogens is 3. The molecule has 1 aliphatic heterocycles. The van der Waals surface area contributed by atoms with E-state index in [1.54, 1.807) is 0 Å². The largest absolute Gasteiger partial charge is 0.418 e. The van der Waals surface area contributed by atoms with Crippen molar-refractivity contribution in [2.45, 2.75) is 50.0 Å². The second-order valence-corrected chi connectivity index (χ2v) is 7.71. The Kier molecular flexibility index (Phi) is 6.38. The minimum absolute atomic E-state index is 0.266. The number of nitrogens with zero attached hydrogens (tertiary/aromatic N) is 2. The molecule has 3 rings (SSSR count). The number of para-hydroxylation sites is 1. The van der Waals surface area contributed by atoms with E-state index in [0.717, 1.165) is 49.2 Å². The third-order valence-electron chi connectivity index (χ3n) is 4.37. The van der Waals surface area contributed by atoms with Crippen LogP contribution in [0.4, 0.5) is 18.9 Å². The Morgan fingerprint density at radius 1 is 1.18 bits per heavy atom. The van der Waals surface area contributed by atoms with Gasteiger partial charge in [0, 0.05) is 12.1 Å². The predicted molar refractivity (Wildman–Crippen MR) is 102 cm³/mol. The number of carbonyl (C=O) groups is 2. The number of rotatable bonds is 4. The number of amidine groups is 1. The summed E-state index contributed by atoms with van der Waals surface area (Å²) in [6.07, 6.45) is 0.256. The van der Waals surface area contributed by atoms with E-state index in [1.807, 2.05) is 0 Å². The van der Waals surface area contributed by atoms with E-state index in [9.17, 15) is 22.8 Å². The molecule has 1 atom stereocenters.